The highest BCUT2D eigenvalue weighted by Crippen LogP contribution is 2.39. The molecule has 0 aliphatic carbocycles. The third-order valence-electron chi connectivity index (χ3n) is 3.26. The van der Waals surface area contributed by atoms with Crippen LogP contribution in [0.1, 0.15) is 0 Å². The van der Waals surface area contributed by atoms with Gasteiger partial charge in [-0.3, -0.25) is 0 Å². The summed E-state index contributed by atoms with van der Waals surface area (Å²) in [6.07, 6.45) is 0. The lowest BCUT2D eigenvalue weighted by molar-refractivity contribution is 0.00819. The molecule has 0 aliphatic rings. The van der Waals surface area contributed by atoms with Gasteiger partial charge in [0.2, 0.25) is 0 Å². The zero-order chi connectivity index (χ0) is 17.4. The van der Waals surface area contributed by atoms with Crippen molar-refractivity contribution in [1.82, 2.24) is 0 Å². The largest absolute Gasteiger partial charge is 0.379 e. The molecule has 0 aromatic heterocycles. The summed E-state index contributed by atoms with van der Waals surface area (Å²) < 4.78 is 42.3. The first-order valence-electron chi connectivity index (χ1n) is 7.08. The van der Waals surface area contributed by atoms with Gasteiger partial charge in [0, 0.05) is 10.5 Å². The van der Waals surface area contributed by atoms with E-state index in [1.165, 1.54) is 0 Å². The molecule has 124 valence electrons. The highest BCUT2D eigenvalue weighted by atomic mass is 32.2. The molecule has 0 fully saturated rings. The van der Waals surface area contributed by atoms with Crippen molar-refractivity contribution in [2.45, 2.75) is 11.6 Å². The Labute approximate surface area is 142 Å². The van der Waals surface area contributed by atoms with E-state index in [9.17, 15) is 17.1 Å². The predicted octanol–water partition coefficient (Wildman–Crippen LogP) is 7.18. The smallest absolute Gasteiger partial charge is 0.174 e. The molecule has 5 heteroatoms. The van der Waals surface area contributed by atoms with E-state index in [1.54, 1.807) is 0 Å². The van der Waals surface area contributed by atoms with Crippen LogP contribution in [0.2, 0.25) is 0 Å². The van der Waals surface area contributed by atoms with Gasteiger partial charge in [-0.05, 0) is 22.8 Å². The maximum atomic E-state index is 13.3. The van der Waals surface area contributed by atoms with E-state index in [1.807, 2.05) is 66.7 Å². The van der Waals surface area contributed by atoms with Gasteiger partial charge in [0.25, 0.3) is 0 Å². The molecule has 0 saturated carbocycles. The molecule has 0 saturated heterocycles. The summed E-state index contributed by atoms with van der Waals surface area (Å²) in [5.74, 6) is 0. The first-order valence-corrected chi connectivity index (χ1v) is 7.80. The molecule has 0 spiro atoms. The molecule has 0 heterocycles. The molecule has 0 bridgehead atoms. The third kappa shape index (κ3) is 4.86. The third-order valence-corrected chi connectivity index (χ3v) is 3.76. The van der Waals surface area contributed by atoms with Gasteiger partial charge in [0.1, 0.15) is 0 Å². The fourth-order valence-corrected chi connectivity index (χ4v) is 2.79. The second-order valence-corrected chi connectivity index (χ2v) is 5.33. The molecule has 0 N–H and O–H groups in total. The molecule has 0 unspecified atom stereocenters. The lowest BCUT2D eigenvalue weighted by atomic mass is 9.94. The Bertz CT molecular complexity index is 743. The maximum Gasteiger partial charge on any atom is 0.379 e. The Morgan fingerprint density at radius 3 is 1.62 bits per heavy atom. The zero-order valence-electron chi connectivity index (χ0n) is 12.5. The number of alkyl halides is 3. The summed E-state index contributed by atoms with van der Waals surface area (Å²) in [6, 6.07) is 25.8. The van der Waals surface area contributed by atoms with Crippen LogP contribution in [0.5, 0.6) is 0 Å². The molecule has 0 amide bonds. The van der Waals surface area contributed by atoms with Crippen molar-refractivity contribution >= 4 is 12.1 Å². The summed E-state index contributed by atoms with van der Waals surface area (Å²) in [6.45, 7) is -3.67. The number of rotatable bonds is 3. The Morgan fingerprint density at radius 1 is 0.625 bits per heavy atom. The van der Waals surface area contributed by atoms with E-state index >= 15 is 0 Å². The number of hydrogen-bond acceptors (Lipinski definition) is 1. The van der Waals surface area contributed by atoms with Crippen molar-refractivity contribution < 1.29 is 17.1 Å². The Hall–Kier alpha value is -2.27. The van der Waals surface area contributed by atoms with E-state index in [2.05, 4.69) is 12.1 Å². The Morgan fingerprint density at radius 2 is 1.12 bits per heavy atom. The second-order valence-electron chi connectivity index (χ2n) is 4.74. The summed E-state index contributed by atoms with van der Waals surface area (Å²) in [5, 5.41) is 0. The highest BCUT2D eigenvalue weighted by molar-refractivity contribution is 7.94. The summed E-state index contributed by atoms with van der Waals surface area (Å²) in [7, 11) is 0. The van der Waals surface area contributed by atoms with Crippen LogP contribution in [0, 0.1) is 0 Å². The van der Waals surface area contributed by atoms with Crippen molar-refractivity contribution in [3.8, 4) is 22.3 Å². The van der Waals surface area contributed by atoms with Crippen molar-refractivity contribution in [1.29, 1.82) is 0 Å². The molecule has 3 aromatic carbocycles. The summed E-state index contributed by atoms with van der Waals surface area (Å²) in [5.41, 5.74) is 4.14. The molecule has 0 radical (unpaired) electrons. The first kappa shape index (κ1) is 18.1. The fourth-order valence-electron chi connectivity index (χ4n) is 2.36. The van der Waals surface area contributed by atoms with Gasteiger partial charge < -0.3 is 0 Å². The Balaban J connectivity index is 0.000000471. The zero-order valence-corrected chi connectivity index (χ0v) is 13.3. The van der Waals surface area contributed by atoms with Crippen LogP contribution < -0.4 is 0 Å². The lowest BCUT2D eigenvalue weighted by Crippen LogP contribution is -1.87. The molecule has 0 aliphatic heterocycles. The van der Waals surface area contributed by atoms with E-state index in [0.717, 1.165) is 22.3 Å². The average molecular weight is 350 g/mol. The second kappa shape index (κ2) is 9.13. The van der Waals surface area contributed by atoms with Crippen LogP contribution in [0.4, 0.5) is 17.1 Å². The van der Waals surface area contributed by atoms with Crippen LogP contribution in [0.25, 0.3) is 22.3 Å². The molecule has 0 atom stereocenters. The van der Waals surface area contributed by atoms with Crippen LogP contribution in [-0.2, 0) is 0 Å². The topological polar surface area (TPSA) is 0 Å². The van der Waals surface area contributed by atoms with Crippen LogP contribution >= 0.6 is 12.1 Å². The normalized spacial score (nSPS) is 10.2. The standard InChI is InChI=1S/C18H13FS.CHF3/c19-20-17-13-7-12-16(14-8-3-1-4-9-14)18(17)15-10-5-2-6-11-15;2-1(3)4/h1-13H;1H. The summed E-state index contributed by atoms with van der Waals surface area (Å²) >= 11 is 0.299. The van der Waals surface area contributed by atoms with E-state index < -0.39 is 6.68 Å². The van der Waals surface area contributed by atoms with E-state index in [0.29, 0.717) is 17.0 Å². The minimum atomic E-state index is -3.67. The number of halogens is 4. The molecule has 3 aromatic rings. The number of hydrogen-bond donors (Lipinski definition) is 0. The van der Waals surface area contributed by atoms with Gasteiger partial charge in [-0.25, -0.2) is 0 Å². The van der Waals surface area contributed by atoms with Crippen molar-refractivity contribution in [3.05, 3.63) is 78.9 Å². The van der Waals surface area contributed by atoms with E-state index in [4.69, 9.17) is 0 Å². The quantitative estimate of drug-likeness (QED) is 0.451. The van der Waals surface area contributed by atoms with E-state index in [-0.39, 0.29) is 0 Å². The van der Waals surface area contributed by atoms with Crippen LogP contribution in [0.15, 0.2) is 83.8 Å². The lowest BCUT2D eigenvalue weighted by Gasteiger charge is -2.13. The minimum absolute atomic E-state index is 0.299. The summed E-state index contributed by atoms with van der Waals surface area (Å²) in [4.78, 5) is 0.651. The van der Waals surface area contributed by atoms with Gasteiger partial charge in [0.05, 0.1) is 12.1 Å². The van der Waals surface area contributed by atoms with Crippen molar-refractivity contribution in [2.24, 2.45) is 0 Å². The number of benzene rings is 3. The van der Waals surface area contributed by atoms with Gasteiger partial charge in [-0.2, -0.15) is 17.1 Å². The monoisotopic (exact) mass is 350 g/mol. The van der Waals surface area contributed by atoms with Crippen LogP contribution in [-0.4, -0.2) is 6.68 Å². The fraction of sp³-hybridized carbons (Fsp3) is 0.0526. The van der Waals surface area contributed by atoms with Crippen LogP contribution in [0.3, 0.4) is 0 Å². The molecule has 3 rings (SSSR count). The van der Waals surface area contributed by atoms with Gasteiger partial charge in [0.15, 0.2) is 0 Å². The molecular weight excluding hydrogens is 336 g/mol. The van der Waals surface area contributed by atoms with Crippen molar-refractivity contribution in [2.75, 3.05) is 0 Å². The predicted molar refractivity (Wildman–Crippen MR) is 91.4 cm³/mol. The maximum absolute atomic E-state index is 13.3. The highest BCUT2D eigenvalue weighted by Gasteiger charge is 2.12. The van der Waals surface area contributed by atoms with Gasteiger partial charge in [-0.15, -0.1) is 0 Å². The molecule has 0 nitrogen and oxygen atoms in total. The Kier molecular flexibility index (Phi) is 6.88. The minimum Gasteiger partial charge on any atom is -0.174 e. The SMILES string of the molecule is FC(F)F.FSc1cccc(-c2ccccc2)c1-c1ccccc1. The molecular formula is C19H14F4S. The average Bonchev–Trinajstić information content (AvgIpc) is 2.62. The van der Waals surface area contributed by atoms with Crippen molar-refractivity contribution in [3.63, 3.8) is 0 Å². The van der Waals surface area contributed by atoms with Gasteiger partial charge in [-0.1, -0.05) is 72.8 Å². The van der Waals surface area contributed by atoms with Gasteiger partial charge >= 0.3 is 6.68 Å². The molecule has 24 heavy (non-hydrogen) atoms. The first-order chi connectivity index (χ1) is 11.6.